The Morgan fingerprint density at radius 3 is 2.70 bits per heavy atom. The highest BCUT2D eigenvalue weighted by molar-refractivity contribution is 7.18. The van der Waals surface area contributed by atoms with Gasteiger partial charge in [0.15, 0.2) is 5.69 Å². The summed E-state index contributed by atoms with van der Waals surface area (Å²) in [6, 6.07) is 3.54. The fraction of sp³-hybridized carbons (Fsp3) is 0.0769. The number of carboxylic acid groups (broad SMARTS) is 1. The minimum atomic E-state index is -1.22. The minimum absolute atomic E-state index is 0.177. The molecule has 23 heavy (non-hydrogen) atoms. The minimum Gasteiger partial charge on any atom is -0.478 e. The average molecular weight is 330 g/mol. The van der Waals surface area contributed by atoms with Crippen molar-refractivity contribution < 1.29 is 14.7 Å². The summed E-state index contributed by atoms with van der Waals surface area (Å²) in [5.74, 6) is -1.88. The molecule has 0 aliphatic rings. The van der Waals surface area contributed by atoms with Crippen molar-refractivity contribution in [1.29, 1.82) is 0 Å². The van der Waals surface area contributed by atoms with Gasteiger partial charge in [0.05, 0.1) is 0 Å². The lowest BCUT2D eigenvalue weighted by molar-refractivity contribution is 0.0692. The number of amides is 1. The van der Waals surface area contributed by atoms with E-state index in [0.29, 0.717) is 5.01 Å². The third kappa shape index (κ3) is 3.06. The van der Waals surface area contributed by atoms with E-state index in [9.17, 15) is 9.59 Å². The number of aromatic carboxylic acids is 1. The number of carboxylic acids is 1. The molecule has 0 radical (unpaired) electrons. The summed E-state index contributed by atoms with van der Waals surface area (Å²) in [7, 11) is 1.54. The number of rotatable bonds is 4. The van der Waals surface area contributed by atoms with Crippen molar-refractivity contribution in [3.8, 4) is 10.6 Å². The van der Waals surface area contributed by atoms with Gasteiger partial charge in [0, 0.05) is 31.2 Å². The number of hydrogen-bond donors (Lipinski definition) is 2. The van der Waals surface area contributed by atoms with Crippen LogP contribution in [0.5, 0.6) is 0 Å². The quantitative estimate of drug-likeness (QED) is 0.738. The Hall–Kier alpha value is -3.14. The highest BCUT2D eigenvalue weighted by atomic mass is 32.1. The Bertz CT molecular complexity index is 873. The van der Waals surface area contributed by atoms with Crippen LogP contribution in [0.25, 0.3) is 10.6 Å². The summed E-state index contributed by atoms with van der Waals surface area (Å²) >= 11 is 1.17. The van der Waals surface area contributed by atoms with Crippen LogP contribution in [0.15, 0.2) is 30.7 Å². The van der Waals surface area contributed by atoms with Crippen LogP contribution < -0.4 is 5.32 Å². The highest BCUT2D eigenvalue weighted by Gasteiger charge is 2.22. The monoisotopic (exact) mass is 330 g/mol. The maximum atomic E-state index is 12.2. The van der Waals surface area contributed by atoms with Crippen LogP contribution in [-0.2, 0) is 7.05 Å². The maximum Gasteiger partial charge on any atom is 0.339 e. The van der Waals surface area contributed by atoms with Gasteiger partial charge in [0.2, 0.25) is 5.13 Å². The van der Waals surface area contributed by atoms with Gasteiger partial charge in [-0.1, -0.05) is 11.3 Å². The molecular weight excluding hydrogens is 320 g/mol. The number of carbonyl (C=O) groups is 2. The predicted molar refractivity (Wildman–Crippen MR) is 81.3 cm³/mol. The second kappa shape index (κ2) is 5.93. The molecule has 1 amide bonds. The molecule has 2 N–H and O–H groups in total. The fourth-order valence-corrected chi connectivity index (χ4v) is 2.60. The van der Waals surface area contributed by atoms with Gasteiger partial charge in [-0.05, 0) is 12.1 Å². The first kappa shape index (κ1) is 14.8. The lowest BCUT2D eigenvalue weighted by Crippen LogP contribution is -2.16. The third-order valence-corrected chi connectivity index (χ3v) is 3.73. The van der Waals surface area contributed by atoms with Crippen LogP contribution in [0.2, 0.25) is 0 Å². The van der Waals surface area contributed by atoms with Gasteiger partial charge in [0.25, 0.3) is 5.91 Å². The van der Waals surface area contributed by atoms with Crippen LogP contribution in [0.3, 0.4) is 0 Å². The van der Waals surface area contributed by atoms with Gasteiger partial charge < -0.3 is 5.11 Å². The summed E-state index contributed by atoms with van der Waals surface area (Å²) < 4.78 is 1.26. The predicted octanol–water partition coefficient (Wildman–Crippen LogP) is 1.28. The van der Waals surface area contributed by atoms with Crippen LogP contribution >= 0.6 is 11.3 Å². The van der Waals surface area contributed by atoms with E-state index in [1.165, 1.54) is 29.3 Å². The number of anilines is 1. The molecule has 9 nitrogen and oxygen atoms in total. The molecule has 3 heterocycles. The van der Waals surface area contributed by atoms with Gasteiger partial charge in [0.1, 0.15) is 10.6 Å². The second-order valence-electron chi connectivity index (χ2n) is 4.47. The van der Waals surface area contributed by atoms with Crippen molar-refractivity contribution in [2.24, 2.45) is 7.05 Å². The van der Waals surface area contributed by atoms with E-state index in [4.69, 9.17) is 5.11 Å². The second-order valence-corrected chi connectivity index (χ2v) is 5.45. The van der Waals surface area contributed by atoms with E-state index >= 15 is 0 Å². The van der Waals surface area contributed by atoms with Crippen molar-refractivity contribution >= 4 is 28.3 Å². The van der Waals surface area contributed by atoms with Crippen molar-refractivity contribution in [2.45, 2.75) is 0 Å². The zero-order valence-corrected chi connectivity index (χ0v) is 12.6. The molecule has 3 rings (SSSR count). The standard InChI is InChI=1S/C13H10N6O3S/c1-19-6-8(12(21)22)9(18-19)10(20)15-13-17-16-11(23-13)7-2-4-14-5-3-7/h2-6H,1H3,(H,21,22)(H,15,17,20). The molecule has 0 fully saturated rings. The summed E-state index contributed by atoms with van der Waals surface area (Å²) in [5, 5.41) is 24.2. The Labute approximate surface area is 133 Å². The zero-order valence-electron chi connectivity index (χ0n) is 11.8. The lowest BCUT2D eigenvalue weighted by Gasteiger charge is -1.98. The number of aryl methyl sites for hydroxylation is 1. The number of pyridine rings is 1. The number of carbonyl (C=O) groups excluding carboxylic acids is 1. The van der Waals surface area contributed by atoms with E-state index in [-0.39, 0.29) is 16.4 Å². The van der Waals surface area contributed by atoms with Crippen molar-refractivity contribution in [3.05, 3.63) is 42.0 Å². The molecular formula is C13H10N6O3S. The first-order valence-corrected chi connectivity index (χ1v) is 7.18. The van der Waals surface area contributed by atoms with Crippen LogP contribution in [0.1, 0.15) is 20.8 Å². The highest BCUT2D eigenvalue weighted by Crippen LogP contribution is 2.26. The topological polar surface area (TPSA) is 123 Å². The van der Waals surface area contributed by atoms with Crippen molar-refractivity contribution in [2.75, 3.05) is 5.32 Å². The molecule has 3 aromatic rings. The zero-order chi connectivity index (χ0) is 16.4. The molecule has 0 aliphatic carbocycles. The SMILES string of the molecule is Cn1cc(C(=O)O)c(C(=O)Nc2nnc(-c3ccncc3)s2)n1. The van der Waals surface area contributed by atoms with Gasteiger partial charge in [-0.25, -0.2) is 4.79 Å². The van der Waals surface area contributed by atoms with Gasteiger partial charge in [-0.3, -0.25) is 19.8 Å². The molecule has 0 saturated carbocycles. The molecule has 3 aromatic heterocycles. The summed E-state index contributed by atoms with van der Waals surface area (Å²) in [5.41, 5.74) is 0.464. The summed E-state index contributed by atoms with van der Waals surface area (Å²) in [6.07, 6.45) is 4.52. The maximum absolute atomic E-state index is 12.2. The normalized spacial score (nSPS) is 10.5. The molecule has 10 heteroatoms. The number of nitrogens with one attached hydrogen (secondary N) is 1. The van der Waals surface area contributed by atoms with E-state index < -0.39 is 11.9 Å². The summed E-state index contributed by atoms with van der Waals surface area (Å²) in [6.45, 7) is 0. The van der Waals surface area contributed by atoms with Crippen molar-refractivity contribution in [3.63, 3.8) is 0 Å². The molecule has 0 saturated heterocycles. The van der Waals surface area contributed by atoms with Crippen LogP contribution in [-0.4, -0.2) is 41.9 Å². The van der Waals surface area contributed by atoms with Gasteiger partial charge >= 0.3 is 5.97 Å². The van der Waals surface area contributed by atoms with E-state index in [2.05, 4.69) is 25.6 Å². The van der Waals surface area contributed by atoms with E-state index in [1.807, 2.05) is 0 Å². The molecule has 116 valence electrons. The Balaban J connectivity index is 1.82. The first-order valence-electron chi connectivity index (χ1n) is 6.37. The lowest BCUT2D eigenvalue weighted by atomic mass is 10.2. The Morgan fingerprint density at radius 1 is 1.26 bits per heavy atom. The number of aromatic nitrogens is 5. The molecule has 0 spiro atoms. The van der Waals surface area contributed by atoms with Gasteiger partial charge in [-0.15, -0.1) is 10.2 Å². The molecule has 0 aromatic carbocycles. The average Bonchev–Trinajstić information content (AvgIpc) is 3.15. The Kier molecular flexibility index (Phi) is 3.81. The molecule has 0 aliphatic heterocycles. The van der Waals surface area contributed by atoms with E-state index in [0.717, 1.165) is 5.56 Å². The largest absolute Gasteiger partial charge is 0.478 e. The third-order valence-electron chi connectivity index (χ3n) is 2.85. The molecule has 0 unspecified atom stereocenters. The summed E-state index contributed by atoms with van der Waals surface area (Å²) in [4.78, 5) is 27.2. The number of nitrogens with zero attached hydrogens (tertiary/aromatic N) is 5. The first-order chi connectivity index (χ1) is 11.0. The van der Waals surface area contributed by atoms with Crippen LogP contribution in [0, 0.1) is 0 Å². The van der Waals surface area contributed by atoms with Gasteiger partial charge in [-0.2, -0.15) is 5.10 Å². The van der Waals surface area contributed by atoms with Crippen LogP contribution in [0.4, 0.5) is 5.13 Å². The smallest absolute Gasteiger partial charge is 0.339 e. The van der Waals surface area contributed by atoms with Crippen molar-refractivity contribution in [1.82, 2.24) is 25.0 Å². The fourth-order valence-electron chi connectivity index (χ4n) is 1.85. The molecule has 0 bridgehead atoms. The molecule has 0 atom stereocenters. The Morgan fingerprint density at radius 2 is 2.00 bits per heavy atom. The number of hydrogen-bond acceptors (Lipinski definition) is 7. The van der Waals surface area contributed by atoms with E-state index in [1.54, 1.807) is 24.5 Å².